The second-order valence-corrected chi connectivity index (χ2v) is 9.83. The molecule has 7 rings (SSSR count). The first-order valence-corrected chi connectivity index (χ1v) is 11.0. The van der Waals surface area contributed by atoms with Gasteiger partial charge in [-0.15, -0.1) is 0 Å². The number of aromatic nitrogens is 1. The van der Waals surface area contributed by atoms with E-state index < -0.39 is 22.8 Å². The van der Waals surface area contributed by atoms with Gasteiger partial charge in [0.1, 0.15) is 16.8 Å². The second kappa shape index (κ2) is 6.28. The predicted octanol–water partition coefficient (Wildman–Crippen LogP) is 1.29. The molecule has 1 saturated heterocycles. The van der Waals surface area contributed by atoms with Crippen molar-refractivity contribution in [1.29, 1.82) is 0 Å². The van der Waals surface area contributed by atoms with E-state index in [0.29, 0.717) is 30.4 Å². The molecular formula is C22H26FN5O4. The van der Waals surface area contributed by atoms with Crippen LogP contribution in [0.3, 0.4) is 0 Å². The Kier molecular flexibility index (Phi) is 3.86. The lowest BCUT2D eigenvalue weighted by Gasteiger charge is -2.52. The summed E-state index contributed by atoms with van der Waals surface area (Å²) in [5, 5.41) is 10.9. The van der Waals surface area contributed by atoms with Crippen molar-refractivity contribution in [2.24, 2.45) is 23.5 Å². The number of hydrogen-bond acceptors (Lipinski definition) is 7. The molecule has 5 N–H and O–H groups in total. The third-order valence-electron chi connectivity index (χ3n) is 8.31. The Labute approximate surface area is 183 Å². The lowest BCUT2D eigenvalue weighted by Crippen LogP contribution is -2.58. The Hall–Kier alpha value is -3.01. The fourth-order valence-corrected chi connectivity index (χ4v) is 6.65. The van der Waals surface area contributed by atoms with Crippen molar-refractivity contribution in [1.82, 2.24) is 4.68 Å². The summed E-state index contributed by atoms with van der Waals surface area (Å²) in [5.41, 5.74) is 11.6. The van der Waals surface area contributed by atoms with Crippen LogP contribution < -0.4 is 31.5 Å². The number of nitrogens with zero attached hydrogens (tertiary/aromatic N) is 3. The van der Waals surface area contributed by atoms with Gasteiger partial charge in [-0.3, -0.25) is 14.5 Å². The van der Waals surface area contributed by atoms with Gasteiger partial charge in [-0.2, -0.15) is 0 Å². The largest absolute Gasteiger partial charge is 0.477 e. The number of hydrogen-bond donors (Lipinski definition) is 3. The highest BCUT2D eigenvalue weighted by Crippen LogP contribution is 2.55. The monoisotopic (exact) mass is 443 g/mol. The lowest BCUT2D eigenvalue weighted by atomic mass is 9.56. The zero-order valence-electron chi connectivity index (χ0n) is 17.8. The molecule has 2 bridgehead atoms. The summed E-state index contributed by atoms with van der Waals surface area (Å²) >= 11 is 0. The van der Waals surface area contributed by atoms with Gasteiger partial charge in [0.15, 0.2) is 18.3 Å². The minimum Gasteiger partial charge on any atom is -0.477 e. The van der Waals surface area contributed by atoms with Crippen molar-refractivity contribution in [3.8, 4) is 5.75 Å². The van der Waals surface area contributed by atoms with E-state index in [1.165, 1.54) is 10.9 Å². The Morgan fingerprint density at radius 2 is 2.03 bits per heavy atom. The van der Waals surface area contributed by atoms with Crippen molar-refractivity contribution >= 4 is 28.2 Å². The average Bonchev–Trinajstić information content (AvgIpc) is 3.22. The van der Waals surface area contributed by atoms with E-state index in [9.17, 15) is 14.7 Å². The fraction of sp³-hybridized carbons (Fsp3) is 0.545. The van der Waals surface area contributed by atoms with E-state index in [-0.39, 0.29) is 40.7 Å². The van der Waals surface area contributed by atoms with Gasteiger partial charge in [-0.1, -0.05) is 0 Å². The quantitative estimate of drug-likeness (QED) is 0.593. The number of anilines is 2. The SMILES string of the molecule is CN1COc2c(N3CC4C5CCC(N)(CC5)C4C3)c(F)c(N)c3c(=O)c(C(=O)O)cn1c23. The molecule has 2 aromatic rings. The number of fused-ring (bicyclic) bond motifs is 2. The molecule has 2 atom stereocenters. The molecule has 0 radical (unpaired) electrons. The number of carboxylic acid groups (broad SMARTS) is 1. The van der Waals surface area contributed by atoms with E-state index >= 15 is 4.39 Å². The highest BCUT2D eigenvalue weighted by molar-refractivity contribution is 6.03. The minimum atomic E-state index is -1.39. The fourth-order valence-electron chi connectivity index (χ4n) is 6.65. The molecule has 32 heavy (non-hydrogen) atoms. The maximum Gasteiger partial charge on any atom is 0.341 e. The molecule has 2 aliphatic heterocycles. The van der Waals surface area contributed by atoms with Gasteiger partial charge < -0.3 is 26.2 Å². The van der Waals surface area contributed by atoms with Gasteiger partial charge in [0.05, 0.1) is 11.1 Å². The number of carboxylic acids is 1. The van der Waals surface area contributed by atoms with Crippen LogP contribution in [0.5, 0.6) is 5.75 Å². The highest BCUT2D eigenvalue weighted by atomic mass is 19.1. The third-order valence-corrected chi connectivity index (χ3v) is 8.31. The topological polar surface area (TPSA) is 127 Å². The van der Waals surface area contributed by atoms with Crippen LogP contribution in [0, 0.1) is 23.6 Å². The molecule has 0 amide bonds. The van der Waals surface area contributed by atoms with Gasteiger partial charge in [0.2, 0.25) is 5.43 Å². The first-order valence-electron chi connectivity index (χ1n) is 11.0. The van der Waals surface area contributed by atoms with E-state index in [4.69, 9.17) is 16.2 Å². The summed E-state index contributed by atoms with van der Waals surface area (Å²) in [6.45, 7) is 1.35. The third kappa shape index (κ3) is 2.35. The molecular weight excluding hydrogens is 417 g/mol. The highest BCUT2D eigenvalue weighted by Gasteiger charge is 2.55. The maximum absolute atomic E-state index is 15.8. The predicted molar refractivity (Wildman–Crippen MR) is 117 cm³/mol. The Bertz CT molecular complexity index is 1240. The van der Waals surface area contributed by atoms with Crippen molar-refractivity contribution in [3.63, 3.8) is 0 Å². The molecule has 4 fully saturated rings. The van der Waals surface area contributed by atoms with Crippen molar-refractivity contribution < 1.29 is 19.0 Å². The van der Waals surface area contributed by atoms with Crippen molar-refractivity contribution in [2.45, 2.75) is 31.2 Å². The number of nitrogens with two attached hydrogens (primary N) is 2. The number of pyridine rings is 1. The van der Waals surface area contributed by atoms with Crippen LogP contribution >= 0.6 is 0 Å². The summed E-state index contributed by atoms with van der Waals surface area (Å²) in [5.74, 6) is -0.624. The van der Waals surface area contributed by atoms with Gasteiger partial charge in [0.25, 0.3) is 0 Å². The van der Waals surface area contributed by atoms with Crippen molar-refractivity contribution in [2.75, 3.05) is 42.5 Å². The van der Waals surface area contributed by atoms with Crippen LogP contribution in [0.25, 0.3) is 10.9 Å². The summed E-state index contributed by atoms with van der Waals surface area (Å²) in [6.07, 6.45) is 5.47. The van der Waals surface area contributed by atoms with E-state index in [1.54, 1.807) is 12.1 Å². The molecule has 10 heteroatoms. The van der Waals surface area contributed by atoms with Gasteiger partial charge in [-0.25, -0.2) is 9.18 Å². The molecule has 1 aromatic carbocycles. The Morgan fingerprint density at radius 3 is 2.69 bits per heavy atom. The molecule has 5 aliphatic rings. The summed E-state index contributed by atoms with van der Waals surface area (Å²) in [6, 6.07) is 0. The molecule has 2 unspecified atom stereocenters. The molecule has 3 saturated carbocycles. The average molecular weight is 443 g/mol. The smallest absolute Gasteiger partial charge is 0.341 e. The van der Waals surface area contributed by atoms with E-state index in [1.807, 2.05) is 4.90 Å². The van der Waals surface area contributed by atoms with Crippen LogP contribution in [0.1, 0.15) is 36.0 Å². The number of rotatable bonds is 2. The standard InChI is InChI=1S/C22H26FN5O4/c1-26-9-32-20-17-14(19(29)12(21(30)31)7-28(17)26)16(24)15(23)18(20)27-6-11-10-2-4-22(25,5-3-10)13(11)8-27/h7,10-11,13H,2-6,8-9,24-25H2,1H3,(H,30,31). The Balaban J connectivity index is 1.57. The van der Waals surface area contributed by atoms with Crippen LogP contribution in [0.15, 0.2) is 11.0 Å². The zero-order valence-corrected chi connectivity index (χ0v) is 17.8. The number of benzene rings is 1. The molecule has 3 aliphatic carbocycles. The number of nitrogen functional groups attached to an aromatic ring is 1. The molecule has 170 valence electrons. The van der Waals surface area contributed by atoms with Gasteiger partial charge in [0, 0.05) is 31.9 Å². The lowest BCUT2D eigenvalue weighted by molar-refractivity contribution is 0.0318. The maximum atomic E-state index is 15.8. The molecule has 0 spiro atoms. The first kappa shape index (κ1) is 19.7. The number of ether oxygens (including phenoxy) is 1. The van der Waals surface area contributed by atoms with Crippen LogP contribution in [-0.2, 0) is 0 Å². The van der Waals surface area contributed by atoms with Crippen LogP contribution in [0.4, 0.5) is 15.8 Å². The van der Waals surface area contributed by atoms with Crippen LogP contribution in [0.2, 0.25) is 0 Å². The van der Waals surface area contributed by atoms with Gasteiger partial charge in [-0.05, 0) is 43.4 Å². The van der Waals surface area contributed by atoms with Gasteiger partial charge >= 0.3 is 5.97 Å². The molecule has 9 nitrogen and oxygen atoms in total. The van der Waals surface area contributed by atoms with Crippen molar-refractivity contribution in [3.05, 3.63) is 27.8 Å². The zero-order chi connectivity index (χ0) is 22.5. The Morgan fingerprint density at radius 1 is 1.31 bits per heavy atom. The first-order chi connectivity index (χ1) is 15.2. The number of halogens is 1. The normalized spacial score (nSPS) is 30.5. The summed E-state index contributed by atoms with van der Waals surface area (Å²) in [4.78, 5) is 26.5. The van der Waals surface area contributed by atoms with Crippen LogP contribution in [-0.4, -0.2) is 48.2 Å². The summed E-state index contributed by atoms with van der Waals surface area (Å²) in [7, 11) is 1.69. The number of carbonyl (C=O) groups is 1. The second-order valence-electron chi connectivity index (χ2n) is 9.83. The molecule has 1 aromatic heterocycles. The van der Waals surface area contributed by atoms with E-state index in [2.05, 4.69) is 0 Å². The minimum absolute atomic E-state index is 0.0739. The number of aromatic carboxylic acids is 1. The summed E-state index contributed by atoms with van der Waals surface area (Å²) < 4.78 is 23.3. The molecule has 3 heterocycles. The van der Waals surface area contributed by atoms with E-state index in [0.717, 1.165) is 25.7 Å².